The third-order valence-corrected chi connectivity index (χ3v) is 3.71. The number of nitrogens with zero attached hydrogens (tertiary/aromatic N) is 1. The summed E-state index contributed by atoms with van der Waals surface area (Å²) in [6.45, 7) is 2.51. The summed E-state index contributed by atoms with van der Waals surface area (Å²) < 4.78 is 0. The lowest BCUT2D eigenvalue weighted by atomic mass is 10.2. The highest BCUT2D eigenvalue weighted by molar-refractivity contribution is 8.00. The van der Waals surface area contributed by atoms with Gasteiger partial charge in [-0.15, -0.1) is 11.8 Å². The van der Waals surface area contributed by atoms with Crippen LogP contribution in [0.15, 0.2) is 18.2 Å². The number of rotatable bonds is 5. The van der Waals surface area contributed by atoms with Crippen molar-refractivity contribution in [3.63, 3.8) is 0 Å². The van der Waals surface area contributed by atoms with E-state index in [-0.39, 0.29) is 11.2 Å². The molecule has 18 heavy (non-hydrogen) atoms. The van der Waals surface area contributed by atoms with Crippen molar-refractivity contribution in [2.24, 2.45) is 5.73 Å². The van der Waals surface area contributed by atoms with Gasteiger partial charge in [0.15, 0.2) is 0 Å². The predicted molar refractivity (Wildman–Crippen MR) is 75.8 cm³/mol. The summed E-state index contributed by atoms with van der Waals surface area (Å²) in [4.78, 5) is 11.6. The van der Waals surface area contributed by atoms with Gasteiger partial charge in [0, 0.05) is 17.5 Å². The number of hydrogen-bond acceptors (Lipinski definition) is 4. The van der Waals surface area contributed by atoms with Gasteiger partial charge in [-0.25, -0.2) is 0 Å². The van der Waals surface area contributed by atoms with E-state index in [1.807, 2.05) is 13.0 Å². The number of halogens is 1. The summed E-state index contributed by atoms with van der Waals surface area (Å²) in [5, 5.41) is 12.0. The first kappa shape index (κ1) is 14.8. The summed E-state index contributed by atoms with van der Waals surface area (Å²) in [5.41, 5.74) is 6.44. The number of benzene rings is 1. The Morgan fingerprint density at radius 1 is 1.67 bits per heavy atom. The molecule has 1 aromatic rings. The second-order valence-electron chi connectivity index (χ2n) is 3.71. The monoisotopic (exact) mass is 283 g/mol. The molecular weight excluding hydrogens is 270 g/mol. The minimum absolute atomic E-state index is 0.110. The molecule has 0 aliphatic heterocycles. The van der Waals surface area contributed by atoms with E-state index in [1.54, 1.807) is 18.2 Å². The fourth-order valence-corrected chi connectivity index (χ4v) is 2.03. The molecular formula is C12H14ClN3OS. The summed E-state index contributed by atoms with van der Waals surface area (Å²) in [6.07, 6.45) is 0. The van der Waals surface area contributed by atoms with Crippen LogP contribution in [0.1, 0.15) is 12.5 Å². The second kappa shape index (κ2) is 7.27. The first-order valence-electron chi connectivity index (χ1n) is 5.38. The molecule has 1 aromatic carbocycles. The van der Waals surface area contributed by atoms with Crippen molar-refractivity contribution in [1.29, 1.82) is 5.26 Å². The molecule has 0 spiro atoms. The van der Waals surface area contributed by atoms with Crippen molar-refractivity contribution in [1.82, 2.24) is 0 Å². The van der Waals surface area contributed by atoms with Crippen LogP contribution >= 0.6 is 23.4 Å². The minimum atomic E-state index is -0.110. The van der Waals surface area contributed by atoms with E-state index in [1.165, 1.54) is 11.8 Å². The van der Waals surface area contributed by atoms with E-state index < -0.39 is 0 Å². The second-order valence-corrected chi connectivity index (χ2v) is 5.55. The molecule has 0 aliphatic rings. The molecule has 96 valence electrons. The van der Waals surface area contributed by atoms with Crippen molar-refractivity contribution in [3.8, 4) is 6.07 Å². The smallest absolute Gasteiger partial charge is 0.234 e. The topological polar surface area (TPSA) is 78.9 Å². The maximum atomic E-state index is 11.6. The van der Waals surface area contributed by atoms with Crippen molar-refractivity contribution < 1.29 is 4.79 Å². The molecule has 0 saturated carbocycles. The van der Waals surface area contributed by atoms with E-state index in [4.69, 9.17) is 22.6 Å². The standard InChI is InChI=1S/C12H14ClN3OS/c1-8(5-14)18-7-12(17)16-10-3-2-9(6-15)11(13)4-10/h2-4,8H,5,7,14H2,1H3,(H,16,17). The fraction of sp³-hybridized carbons (Fsp3) is 0.333. The number of anilines is 1. The maximum absolute atomic E-state index is 11.6. The normalized spacial score (nSPS) is 11.7. The number of hydrogen-bond donors (Lipinski definition) is 2. The van der Waals surface area contributed by atoms with Crippen LogP contribution in [0, 0.1) is 11.3 Å². The molecule has 1 rings (SSSR count). The quantitative estimate of drug-likeness (QED) is 0.868. The number of nitriles is 1. The average molecular weight is 284 g/mol. The number of thioether (sulfide) groups is 1. The van der Waals surface area contributed by atoms with Gasteiger partial charge in [-0.1, -0.05) is 18.5 Å². The fourth-order valence-electron chi connectivity index (χ4n) is 1.17. The average Bonchev–Trinajstić information content (AvgIpc) is 2.36. The van der Waals surface area contributed by atoms with Crippen LogP contribution in [0.2, 0.25) is 5.02 Å². The van der Waals surface area contributed by atoms with Gasteiger partial charge in [-0.05, 0) is 18.2 Å². The summed E-state index contributed by atoms with van der Waals surface area (Å²) in [6, 6.07) is 6.75. The molecule has 1 atom stereocenters. The van der Waals surface area contributed by atoms with Crippen LogP contribution in [0.25, 0.3) is 0 Å². The lowest BCUT2D eigenvalue weighted by Crippen LogP contribution is -2.19. The lowest BCUT2D eigenvalue weighted by molar-refractivity contribution is -0.113. The van der Waals surface area contributed by atoms with Gasteiger partial charge in [0.25, 0.3) is 0 Å². The van der Waals surface area contributed by atoms with Gasteiger partial charge in [0.1, 0.15) is 6.07 Å². The number of nitrogens with two attached hydrogens (primary N) is 1. The van der Waals surface area contributed by atoms with Crippen LogP contribution in [0.5, 0.6) is 0 Å². The van der Waals surface area contributed by atoms with Crippen molar-refractivity contribution >= 4 is 35.0 Å². The molecule has 6 heteroatoms. The Morgan fingerprint density at radius 3 is 2.94 bits per heavy atom. The molecule has 0 aromatic heterocycles. The summed E-state index contributed by atoms with van der Waals surface area (Å²) >= 11 is 7.36. The third-order valence-electron chi connectivity index (χ3n) is 2.20. The molecule has 0 fully saturated rings. The SMILES string of the molecule is CC(CN)SCC(=O)Nc1ccc(C#N)c(Cl)c1. The van der Waals surface area contributed by atoms with Crippen LogP contribution in [0.3, 0.4) is 0 Å². The number of carbonyl (C=O) groups excluding carboxylic acids is 1. The molecule has 1 amide bonds. The molecule has 3 N–H and O–H groups in total. The highest BCUT2D eigenvalue weighted by Crippen LogP contribution is 2.20. The molecule has 0 saturated heterocycles. The lowest BCUT2D eigenvalue weighted by Gasteiger charge is -2.09. The Labute approximate surface area is 115 Å². The Kier molecular flexibility index (Phi) is 5.99. The van der Waals surface area contributed by atoms with Gasteiger partial charge in [-0.3, -0.25) is 4.79 Å². The van der Waals surface area contributed by atoms with Gasteiger partial charge >= 0.3 is 0 Å². The molecule has 1 unspecified atom stereocenters. The van der Waals surface area contributed by atoms with E-state index in [9.17, 15) is 4.79 Å². The first-order chi connectivity index (χ1) is 8.56. The van der Waals surface area contributed by atoms with Gasteiger partial charge in [0.2, 0.25) is 5.91 Å². The van der Waals surface area contributed by atoms with E-state index in [0.717, 1.165) is 0 Å². The first-order valence-corrected chi connectivity index (χ1v) is 6.80. The van der Waals surface area contributed by atoms with Crippen LogP contribution in [0.4, 0.5) is 5.69 Å². The van der Waals surface area contributed by atoms with Crippen LogP contribution in [-0.2, 0) is 4.79 Å². The van der Waals surface area contributed by atoms with Crippen molar-refractivity contribution in [3.05, 3.63) is 28.8 Å². The maximum Gasteiger partial charge on any atom is 0.234 e. The molecule has 0 bridgehead atoms. The van der Waals surface area contributed by atoms with Crippen molar-refractivity contribution in [2.75, 3.05) is 17.6 Å². The number of nitrogens with one attached hydrogen (secondary N) is 1. The minimum Gasteiger partial charge on any atom is -0.329 e. The van der Waals surface area contributed by atoms with Crippen LogP contribution in [-0.4, -0.2) is 23.5 Å². The van der Waals surface area contributed by atoms with Crippen LogP contribution < -0.4 is 11.1 Å². The van der Waals surface area contributed by atoms with Gasteiger partial charge in [0.05, 0.1) is 16.3 Å². The van der Waals surface area contributed by atoms with E-state index in [0.29, 0.717) is 28.6 Å². The molecule has 4 nitrogen and oxygen atoms in total. The summed E-state index contributed by atoms with van der Waals surface area (Å²) in [7, 11) is 0. The Bertz CT molecular complexity index is 473. The third kappa shape index (κ3) is 4.57. The Morgan fingerprint density at radius 2 is 2.39 bits per heavy atom. The Balaban J connectivity index is 2.55. The van der Waals surface area contributed by atoms with Gasteiger partial charge in [-0.2, -0.15) is 5.26 Å². The van der Waals surface area contributed by atoms with Crippen molar-refractivity contribution in [2.45, 2.75) is 12.2 Å². The Hall–Kier alpha value is -1.22. The molecule has 0 aliphatic carbocycles. The molecule has 0 heterocycles. The largest absolute Gasteiger partial charge is 0.329 e. The highest BCUT2D eigenvalue weighted by atomic mass is 35.5. The zero-order valence-electron chi connectivity index (χ0n) is 9.94. The predicted octanol–water partition coefficient (Wildman–Crippen LogP) is 2.23. The zero-order valence-corrected chi connectivity index (χ0v) is 11.5. The van der Waals surface area contributed by atoms with Gasteiger partial charge < -0.3 is 11.1 Å². The van der Waals surface area contributed by atoms with E-state index >= 15 is 0 Å². The highest BCUT2D eigenvalue weighted by Gasteiger charge is 2.07. The number of amides is 1. The molecule has 0 radical (unpaired) electrons. The zero-order chi connectivity index (χ0) is 13.5. The number of carbonyl (C=O) groups is 1. The summed E-state index contributed by atoms with van der Waals surface area (Å²) in [5.74, 6) is 0.233. The van der Waals surface area contributed by atoms with E-state index in [2.05, 4.69) is 5.32 Å².